The zero-order valence-corrected chi connectivity index (χ0v) is 18.3. The third-order valence-corrected chi connectivity index (χ3v) is 5.44. The number of hydrogen-bond acceptors (Lipinski definition) is 6. The molecule has 7 heteroatoms. The number of anilines is 1. The molecule has 0 bridgehead atoms. The maximum atomic E-state index is 13.3. The number of imidazole rings is 1. The minimum atomic E-state index is -0.478. The summed E-state index contributed by atoms with van der Waals surface area (Å²) in [5.41, 5.74) is 3.95. The first-order chi connectivity index (χ1) is 15.1. The zero-order chi connectivity index (χ0) is 22.0. The van der Waals surface area contributed by atoms with E-state index >= 15 is 0 Å². The Morgan fingerprint density at radius 1 is 1.13 bits per heavy atom. The molecule has 0 amide bonds. The number of methoxy groups -OCH3 is 2. The number of nitrogens with zero attached hydrogens (tertiary/aromatic N) is 2. The van der Waals surface area contributed by atoms with Gasteiger partial charge in [0.25, 0.3) is 0 Å². The third kappa shape index (κ3) is 3.60. The second kappa shape index (κ2) is 8.71. The first-order valence-corrected chi connectivity index (χ1v) is 10.5. The number of allylic oxidation sites excluding steroid dienone is 1. The van der Waals surface area contributed by atoms with Crippen molar-refractivity contribution < 1.29 is 19.0 Å². The first-order valence-electron chi connectivity index (χ1n) is 10.5. The molecule has 31 heavy (non-hydrogen) atoms. The van der Waals surface area contributed by atoms with Crippen molar-refractivity contribution in [3.8, 4) is 11.5 Å². The standard InChI is InChI=1S/C24H27N3O4/c1-5-9-18-21(23(28)31-6-2)22(16-14-15(29-3)12-13-20(16)30-4)27-19-11-8-7-10-17(19)25-24(27)26-18/h7-8,10-14,22H,5-6,9H2,1-4H3,(H,25,26)/t22-/m1/s1. The molecule has 1 atom stereocenters. The van der Waals surface area contributed by atoms with Gasteiger partial charge in [0.1, 0.15) is 11.5 Å². The Morgan fingerprint density at radius 2 is 1.94 bits per heavy atom. The van der Waals surface area contributed by atoms with Gasteiger partial charge in [0, 0.05) is 11.3 Å². The number of nitrogens with one attached hydrogen (secondary N) is 1. The van der Waals surface area contributed by atoms with E-state index in [1.54, 1.807) is 14.2 Å². The van der Waals surface area contributed by atoms with Crippen LogP contribution in [-0.4, -0.2) is 36.3 Å². The van der Waals surface area contributed by atoms with Crippen LogP contribution < -0.4 is 14.8 Å². The molecule has 0 saturated heterocycles. The fourth-order valence-corrected chi connectivity index (χ4v) is 4.13. The quantitative estimate of drug-likeness (QED) is 0.558. The Labute approximate surface area is 181 Å². The van der Waals surface area contributed by atoms with Crippen molar-refractivity contribution in [3.63, 3.8) is 0 Å². The van der Waals surface area contributed by atoms with Crippen molar-refractivity contribution in [3.05, 3.63) is 59.3 Å². The van der Waals surface area contributed by atoms with Crippen molar-refractivity contribution in [2.45, 2.75) is 32.7 Å². The Morgan fingerprint density at radius 3 is 2.65 bits per heavy atom. The third-order valence-electron chi connectivity index (χ3n) is 5.44. The molecule has 4 rings (SSSR count). The summed E-state index contributed by atoms with van der Waals surface area (Å²) in [6.07, 6.45) is 1.56. The molecular weight excluding hydrogens is 394 g/mol. The van der Waals surface area contributed by atoms with E-state index in [1.165, 1.54) is 0 Å². The fourth-order valence-electron chi connectivity index (χ4n) is 4.13. The van der Waals surface area contributed by atoms with Crippen LogP contribution >= 0.6 is 0 Å². The molecule has 1 aliphatic rings. The van der Waals surface area contributed by atoms with Crippen LogP contribution in [0, 0.1) is 0 Å². The number of fused-ring (bicyclic) bond motifs is 3. The van der Waals surface area contributed by atoms with Gasteiger partial charge in [-0.05, 0) is 43.7 Å². The van der Waals surface area contributed by atoms with E-state index < -0.39 is 6.04 Å². The maximum absolute atomic E-state index is 13.3. The van der Waals surface area contributed by atoms with Gasteiger partial charge in [0.15, 0.2) is 0 Å². The van der Waals surface area contributed by atoms with Crippen LogP contribution in [0.3, 0.4) is 0 Å². The van der Waals surface area contributed by atoms with Crippen LogP contribution in [0.25, 0.3) is 11.0 Å². The lowest BCUT2D eigenvalue weighted by atomic mass is 9.92. The number of aromatic nitrogens is 2. The largest absolute Gasteiger partial charge is 0.497 e. The Bertz CT molecular complexity index is 1150. The number of ether oxygens (including phenoxy) is 3. The lowest BCUT2D eigenvalue weighted by Crippen LogP contribution is -2.30. The number of hydrogen-bond donors (Lipinski definition) is 1. The molecule has 7 nitrogen and oxygen atoms in total. The summed E-state index contributed by atoms with van der Waals surface area (Å²) >= 11 is 0. The van der Waals surface area contributed by atoms with Crippen LogP contribution in [0.15, 0.2) is 53.7 Å². The van der Waals surface area contributed by atoms with E-state index in [1.807, 2.05) is 54.0 Å². The topological polar surface area (TPSA) is 74.6 Å². The van der Waals surface area contributed by atoms with Gasteiger partial charge in [-0.25, -0.2) is 9.78 Å². The second-order valence-electron chi connectivity index (χ2n) is 7.29. The van der Waals surface area contributed by atoms with Crippen LogP contribution in [0.2, 0.25) is 0 Å². The van der Waals surface area contributed by atoms with Crippen molar-refractivity contribution in [2.75, 3.05) is 26.1 Å². The van der Waals surface area contributed by atoms with Gasteiger partial charge in [0.05, 0.1) is 43.5 Å². The molecule has 0 spiro atoms. The Balaban J connectivity index is 2.05. The fraction of sp³-hybridized carbons (Fsp3) is 0.333. The van der Waals surface area contributed by atoms with Gasteiger partial charge in [-0.1, -0.05) is 25.5 Å². The zero-order valence-electron chi connectivity index (χ0n) is 18.3. The number of carbonyl (C=O) groups excluding carboxylic acids is 1. The highest BCUT2D eigenvalue weighted by Gasteiger charge is 2.37. The normalized spacial score (nSPS) is 15.4. The lowest BCUT2D eigenvalue weighted by Gasteiger charge is -2.32. The van der Waals surface area contributed by atoms with E-state index in [9.17, 15) is 4.79 Å². The summed E-state index contributed by atoms with van der Waals surface area (Å²) in [7, 11) is 3.25. The number of carbonyl (C=O) groups is 1. The number of benzene rings is 2. The predicted molar refractivity (Wildman–Crippen MR) is 120 cm³/mol. The second-order valence-corrected chi connectivity index (χ2v) is 7.29. The van der Waals surface area contributed by atoms with E-state index in [2.05, 4.69) is 12.2 Å². The van der Waals surface area contributed by atoms with E-state index in [4.69, 9.17) is 19.2 Å². The molecule has 0 fully saturated rings. The molecule has 162 valence electrons. The maximum Gasteiger partial charge on any atom is 0.338 e. The van der Waals surface area contributed by atoms with E-state index in [-0.39, 0.29) is 5.97 Å². The molecule has 0 unspecified atom stereocenters. The molecule has 1 aliphatic heterocycles. The summed E-state index contributed by atoms with van der Waals surface area (Å²) in [5, 5.41) is 3.40. The average molecular weight is 421 g/mol. The summed E-state index contributed by atoms with van der Waals surface area (Å²) in [6, 6.07) is 13.0. The van der Waals surface area contributed by atoms with Crippen LogP contribution in [0.4, 0.5) is 5.95 Å². The summed E-state index contributed by atoms with van der Waals surface area (Å²) < 4.78 is 18.7. The number of para-hydroxylation sites is 2. The highest BCUT2D eigenvalue weighted by atomic mass is 16.5. The number of esters is 1. The van der Waals surface area contributed by atoms with Gasteiger partial charge in [-0.2, -0.15) is 0 Å². The summed E-state index contributed by atoms with van der Waals surface area (Å²) in [5.74, 6) is 1.68. The average Bonchev–Trinajstić information content (AvgIpc) is 3.16. The molecule has 1 N–H and O–H groups in total. The van der Waals surface area contributed by atoms with Gasteiger partial charge in [0.2, 0.25) is 5.95 Å². The van der Waals surface area contributed by atoms with Gasteiger partial charge < -0.3 is 19.5 Å². The van der Waals surface area contributed by atoms with Crippen LogP contribution in [0.1, 0.15) is 38.3 Å². The van der Waals surface area contributed by atoms with Crippen LogP contribution in [0.5, 0.6) is 11.5 Å². The molecule has 0 radical (unpaired) electrons. The monoisotopic (exact) mass is 421 g/mol. The number of rotatable bonds is 7. The molecule has 1 aromatic heterocycles. The molecular formula is C24H27N3O4. The van der Waals surface area contributed by atoms with Gasteiger partial charge in [-0.3, -0.25) is 4.57 Å². The highest BCUT2D eigenvalue weighted by molar-refractivity contribution is 5.94. The minimum Gasteiger partial charge on any atom is -0.497 e. The van der Waals surface area contributed by atoms with Crippen molar-refractivity contribution in [1.29, 1.82) is 0 Å². The minimum absolute atomic E-state index is 0.293. The van der Waals surface area contributed by atoms with Crippen molar-refractivity contribution in [2.24, 2.45) is 0 Å². The first kappa shape index (κ1) is 20.8. The Kier molecular flexibility index (Phi) is 5.84. The van der Waals surface area contributed by atoms with Crippen molar-refractivity contribution in [1.82, 2.24) is 9.55 Å². The van der Waals surface area contributed by atoms with E-state index in [0.29, 0.717) is 36.0 Å². The predicted octanol–water partition coefficient (Wildman–Crippen LogP) is 4.69. The molecule has 0 aliphatic carbocycles. The van der Waals surface area contributed by atoms with Crippen molar-refractivity contribution >= 4 is 23.0 Å². The molecule has 0 saturated carbocycles. The summed E-state index contributed by atoms with van der Waals surface area (Å²) in [6.45, 7) is 4.19. The smallest absolute Gasteiger partial charge is 0.338 e. The van der Waals surface area contributed by atoms with Gasteiger partial charge >= 0.3 is 5.97 Å². The highest BCUT2D eigenvalue weighted by Crippen LogP contribution is 2.44. The van der Waals surface area contributed by atoms with E-state index in [0.717, 1.165) is 28.7 Å². The lowest BCUT2D eigenvalue weighted by molar-refractivity contribution is -0.139. The molecule has 2 heterocycles. The molecule has 2 aromatic carbocycles. The van der Waals surface area contributed by atoms with Crippen LogP contribution in [-0.2, 0) is 9.53 Å². The van der Waals surface area contributed by atoms with Gasteiger partial charge in [-0.15, -0.1) is 0 Å². The summed E-state index contributed by atoms with van der Waals surface area (Å²) in [4.78, 5) is 18.1. The molecule has 3 aromatic rings. The SMILES string of the molecule is CCCC1=C(C(=O)OCC)[C@@H](c2cc(OC)ccc2OC)n2c(nc3ccccc32)N1. The Hall–Kier alpha value is -3.48.